The largest absolute Gasteiger partial charge is 0.493 e. The Morgan fingerprint density at radius 2 is 2.22 bits per heavy atom. The average Bonchev–Trinajstić information content (AvgIpc) is 2.36. The van der Waals surface area contributed by atoms with Crippen molar-refractivity contribution in [1.82, 2.24) is 5.32 Å². The summed E-state index contributed by atoms with van der Waals surface area (Å²) in [7, 11) is 1.74. The number of rotatable bonds is 4. The highest BCUT2D eigenvalue weighted by Crippen LogP contribution is 2.36. The van der Waals surface area contributed by atoms with Crippen molar-refractivity contribution in [2.24, 2.45) is 5.92 Å². The molecular weight excluding hydrogens is 226 g/mol. The van der Waals surface area contributed by atoms with Gasteiger partial charge in [0.25, 0.3) is 0 Å². The summed E-state index contributed by atoms with van der Waals surface area (Å²) in [6, 6.07) is 4.23. The molecular formula is C15H21NO2. The Labute approximate surface area is 108 Å². The minimum Gasteiger partial charge on any atom is -0.493 e. The highest BCUT2D eigenvalue weighted by molar-refractivity contribution is 5.51. The highest BCUT2D eigenvalue weighted by Gasteiger charge is 2.21. The van der Waals surface area contributed by atoms with Gasteiger partial charge >= 0.3 is 0 Å². The van der Waals surface area contributed by atoms with E-state index in [1.165, 1.54) is 30.4 Å². The molecule has 0 unspecified atom stereocenters. The molecule has 2 aliphatic rings. The Hall–Kier alpha value is -1.22. The molecule has 0 bridgehead atoms. The molecule has 3 nitrogen and oxygen atoms in total. The van der Waals surface area contributed by atoms with Gasteiger partial charge < -0.3 is 14.8 Å². The van der Waals surface area contributed by atoms with Crippen molar-refractivity contribution >= 4 is 0 Å². The van der Waals surface area contributed by atoms with Gasteiger partial charge in [0, 0.05) is 12.1 Å². The van der Waals surface area contributed by atoms with Crippen molar-refractivity contribution in [2.45, 2.75) is 32.2 Å². The van der Waals surface area contributed by atoms with Crippen molar-refractivity contribution in [3.05, 3.63) is 23.3 Å². The van der Waals surface area contributed by atoms with Gasteiger partial charge in [-0.2, -0.15) is 0 Å². The first-order chi connectivity index (χ1) is 8.88. The first-order valence-corrected chi connectivity index (χ1v) is 6.90. The second-order valence-electron chi connectivity index (χ2n) is 5.27. The van der Waals surface area contributed by atoms with Gasteiger partial charge in [-0.15, -0.1) is 0 Å². The van der Waals surface area contributed by atoms with Gasteiger partial charge in [0.1, 0.15) is 0 Å². The van der Waals surface area contributed by atoms with Gasteiger partial charge in [-0.1, -0.05) is 12.5 Å². The second kappa shape index (κ2) is 5.19. The van der Waals surface area contributed by atoms with Gasteiger partial charge in [0.05, 0.1) is 13.7 Å². The van der Waals surface area contributed by atoms with Crippen molar-refractivity contribution in [3.8, 4) is 11.5 Å². The Bertz CT molecular complexity index is 427. The molecule has 18 heavy (non-hydrogen) atoms. The molecule has 1 saturated carbocycles. The highest BCUT2D eigenvalue weighted by atomic mass is 16.5. The van der Waals surface area contributed by atoms with Crippen LogP contribution < -0.4 is 14.8 Å². The SMILES string of the molecule is COc1c(OCC2CCC2)ccc2c1CCNC2. The molecule has 1 aliphatic heterocycles. The molecule has 1 fully saturated rings. The number of benzene rings is 1. The van der Waals surface area contributed by atoms with Gasteiger partial charge in [-0.3, -0.25) is 0 Å². The summed E-state index contributed by atoms with van der Waals surface area (Å²) in [5, 5.41) is 3.38. The summed E-state index contributed by atoms with van der Waals surface area (Å²) < 4.78 is 11.5. The molecule has 0 spiro atoms. The van der Waals surface area contributed by atoms with Crippen LogP contribution in [0.2, 0.25) is 0 Å². The van der Waals surface area contributed by atoms with Gasteiger partial charge in [0.2, 0.25) is 0 Å². The van der Waals surface area contributed by atoms with Crippen molar-refractivity contribution in [3.63, 3.8) is 0 Å². The molecule has 1 N–H and O–H groups in total. The fraction of sp³-hybridized carbons (Fsp3) is 0.600. The Balaban J connectivity index is 1.79. The summed E-state index contributed by atoms with van der Waals surface area (Å²) in [6.07, 6.45) is 5.02. The lowest BCUT2D eigenvalue weighted by Gasteiger charge is -2.27. The zero-order valence-corrected chi connectivity index (χ0v) is 11.0. The predicted molar refractivity (Wildman–Crippen MR) is 71.2 cm³/mol. The van der Waals surface area contributed by atoms with E-state index in [1.807, 2.05) is 0 Å². The monoisotopic (exact) mass is 247 g/mol. The third kappa shape index (κ3) is 2.19. The van der Waals surface area contributed by atoms with Gasteiger partial charge in [0.15, 0.2) is 11.5 Å². The maximum atomic E-state index is 5.95. The molecule has 1 aromatic rings. The third-order valence-corrected chi connectivity index (χ3v) is 4.09. The van der Waals surface area contributed by atoms with E-state index in [-0.39, 0.29) is 0 Å². The van der Waals surface area contributed by atoms with Crippen LogP contribution in [0, 0.1) is 5.92 Å². The van der Waals surface area contributed by atoms with Crippen LogP contribution in [-0.2, 0) is 13.0 Å². The first kappa shape index (κ1) is 11.8. The molecule has 1 aromatic carbocycles. The lowest BCUT2D eigenvalue weighted by atomic mass is 9.86. The third-order valence-electron chi connectivity index (χ3n) is 4.09. The van der Waals surface area contributed by atoms with Crippen molar-refractivity contribution in [2.75, 3.05) is 20.3 Å². The van der Waals surface area contributed by atoms with Crippen LogP contribution in [0.1, 0.15) is 30.4 Å². The minimum atomic E-state index is 0.757. The van der Waals surface area contributed by atoms with E-state index in [4.69, 9.17) is 9.47 Å². The van der Waals surface area contributed by atoms with Crippen LogP contribution in [0.3, 0.4) is 0 Å². The summed E-state index contributed by atoms with van der Waals surface area (Å²) in [6.45, 7) is 2.80. The molecule has 98 valence electrons. The van der Waals surface area contributed by atoms with E-state index in [9.17, 15) is 0 Å². The molecule has 1 aliphatic carbocycles. The summed E-state index contributed by atoms with van der Waals surface area (Å²) in [5.74, 6) is 2.63. The Morgan fingerprint density at radius 3 is 2.94 bits per heavy atom. The predicted octanol–water partition coefficient (Wildman–Crippen LogP) is 2.52. The normalized spacial score (nSPS) is 18.9. The number of nitrogens with one attached hydrogen (secondary N) is 1. The first-order valence-electron chi connectivity index (χ1n) is 6.90. The lowest BCUT2D eigenvalue weighted by Crippen LogP contribution is -2.24. The van der Waals surface area contributed by atoms with Crippen LogP contribution in [0.25, 0.3) is 0 Å². The summed E-state index contributed by atoms with van der Waals surface area (Å²) >= 11 is 0. The van der Waals surface area contributed by atoms with E-state index in [0.29, 0.717) is 0 Å². The average molecular weight is 247 g/mol. The zero-order valence-electron chi connectivity index (χ0n) is 11.0. The Morgan fingerprint density at radius 1 is 1.33 bits per heavy atom. The van der Waals surface area contributed by atoms with E-state index >= 15 is 0 Å². The molecule has 3 rings (SSSR count). The fourth-order valence-electron chi connectivity index (χ4n) is 2.73. The topological polar surface area (TPSA) is 30.5 Å². The lowest BCUT2D eigenvalue weighted by molar-refractivity contribution is 0.175. The van der Waals surface area contributed by atoms with E-state index < -0.39 is 0 Å². The second-order valence-corrected chi connectivity index (χ2v) is 5.27. The van der Waals surface area contributed by atoms with E-state index in [0.717, 1.165) is 43.5 Å². The number of hydrogen-bond acceptors (Lipinski definition) is 3. The van der Waals surface area contributed by atoms with Gasteiger partial charge in [-0.05, 0) is 43.4 Å². The van der Waals surface area contributed by atoms with Gasteiger partial charge in [-0.25, -0.2) is 0 Å². The number of ether oxygens (including phenoxy) is 2. The standard InChI is InChI=1S/C15H21NO2/c1-17-15-13-7-8-16-9-12(13)5-6-14(15)18-10-11-3-2-4-11/h5-6,11,16H,2-4,7-10H2,1H3. The smallest absolute Gasteiger partial charge is 0.164 e. The van der Waals surface area contributed by atoms with E-state index in [1.54, 1.807) is 7.11 Å². The molecule has 3 heteroatoms. The molecule has 0 atom stereocenters. The quantitative estimate of drug-likeness (QED) is 0.887. The molecule has 0 saturated heterocycles. The van der Waals surface area contributed by atoms with E-state index in [2.05, 4.69) is 17.4 Å². The number of hydrogen-bond donors (Lipinski definition) is 1. The van der Waals surface area contributed by atoms with Crippen molar-refractivity contribution in [1.29, 1.82) is 0 Å². The van der Waals surface area contributed by atoms with Crippen molar-refractivity contribution < 1.29 is 9.47 Å². The maximum absolute atomic E-state index is 5.95. The zero-order chi connectivity index (χ0) is 12.4. The summed E-state index contributed by atoms with van der Waals surface area (Å²) in [4.78, 5) is 0. The molecule has 0 amide bonds. The molecule has 0 aromatic heterocycles. The van der Waals surface area contributed by atoms with Crippen LogP contribution >= 0.6 is 0 Å². The van der Waals surface area contributed by atoms with Crippen LogP contribution in [0.15, 0.2) is 12.1 Å². The summed E-state index contributed by atoms with van der Waals surface area (Å²) in [5.41, 5.74) is 2.66. The number of fused-ring (bicyclic) bond motifs is 1. The van der Waals surface area contributed by atoms with Crippen LogP contribution in [-0.4, -0.2) is 20.3 Å². The fourth-order valence-corrected chi connectivity index (χ4v) is 2.73. The number of methoxy groups -OCH3 is 1. The Kier molecular flexibility index (Phi) is 3.41. The van der Waals surface area contributed by atoms with Crippen LogP contribution in [0.4, 0.5) is 0 Å². The minimum absolute atomic E-state index is 0.757. The van der Waals surface area contributed by atoms with Crippen LogP contribution in [0.5, 0.6) is 11.5 Å². The molecule has 0 radical (unpaired) electrons. The maximum Gasteiger partial charge on any atom is 0.164 e. The molecule has 1 heterocycles.